The first kappa shape index (κ1) is 22.0. The molecule has 0 unspecified atom stereocenters. The van der Waals surface area contributed by atoms with Gasteiger partial charge in [0, 0.05) is 17.6 Å². The van der Waals surface area contributed by atoms with Gasteiger partial charge in [0.1, 0.15) is 13.2 Å². The molecule has 9 heteroatoms. The minimum atomic E-state index is -3.76. The Morgan fingerprint density at radius 3 is 2.50 bits per heavy atom. The highest BCUT2D eigenvalue weighted by Gasteiger charge is 2.21. The lowest BCUT2D eigenvalue weighted by Gasteiger charge is -2.20. The average molecular weight is 471 g/mol. The van der Waals surface area contributed by atoms with E-state index in [4.69, 9.17) is 9.47 Å². The minimum absolute atomic E-state index is 0.0983. The highest BCUT2D eigenvalue weighted by atomic mass is 32.2. The molecule has 0 atom stereocenters. The summed E-state index contributed by atoms with van der Waals surface area (Å²) in [5, 5.41) is 2.77. The van der Waals surface area contributed by atoms with Crippen molar-refractivity contribution in [3.8, 4) is 11.5 Å². The lowest BCUT2D eigenvalue weighted by molar-refractivity contribution is -0.113. The number of carbonyl (C=O) groups is 1. The number of nitrogens with one attached hydrogen (secondary N) is 1. The molecule has 0 bridgehead atoms. The monoisotopic (exact) mass is 470 g/mol. The summed E-state index contributed by atoms with van der Waals surface area (Å²) in [4.78, 5) is 13.4. The zero-order valence-electron chi connectivity index (χ0n) is 17.4. The molecule has 0 radical (unpaired) electrons. The van der Waals surface area contributed by atoms with Crippen molar-refractivity contribution in [3.63, 3.8) is 0 Å². The number of rotatable bonds is 7. The van der Waals surface area contributed by atoms with Crippen LogP contribution in [0.2, 0.25) is 0 Å². The van der Waals surface area contributed by atoms with Crippen LogP contribution in [0.1, 0.15) is 0 Å². The van der Waals surface area contributed by atoms with Crippen LogP contribution in [0.25, 0.3) is 0 Å². The summed E-state index contributed by atoms with van der Waals surface area (Å²) in [5.41, 5.74) is 0.970. The maximum absolute atomic E-state index is 13.0. The number of sulfonamides is 1. The third-order valence-electron chi connectivity index (χ3n) is 4.78. The van der Waals surface area contributed by atoms with Gasteiger partial charge in [-0.15, -0.1) is 11.8 Å². The minimum Gasteiger partial charge on any atom is -0.486 e. The fourth-order valence-corrected chi connectivity index (χ4v) is 5.10. The van der Waals surface area contributed by atoms with E-state index in [9.17, 15) is 13.2 Å². The second kappa shape index (κ2) is 9.54. The standard InChI is InChI=1S/C23H22N2O5S2/c1-25(18-7-3-2-4-8-18)32(27,28)20-9-5-6-17(14-20)24-23(26)16-31-19-10-11-21-22(15-19)30-13-12-29-21/h2-11,14-15H,12-13,16H2,1H3,(H,24,26). The summed E-state index contributed by atoms with van der Waals surface area (Å²) >= 11 is 1.36. The molecular formula is C23H22N2O5S2. The third kappa shape index (κ3) is 5.00. The molecular weight excluding hydrogens is 448 g/mol. The van der Waals surface area contributed by atoms with Crippen molar-refractivity contribution in [2.45, 2.75) is 9.79 Å². The van der Waals surface area contributed by atoms with Crippen molar-refractivity contribution in [3.05, 3.63) is 72.8 Å². The van der Waals surface area contributed by atoms with Crippen molar-refractivity contribution in [1.82, 2.24) is 0 Å². The average Bonchev–Trinajstić information content (AvgIpc) is 2.83. The van der Waals surface area contributed by atoms with E-state index in [-0.39, 0.29) is 16.6 Å². The second-order valence-electron chi connectivity index (χ2n) is 6.98. The first-order chi connectivity index (χ1) is 15.4. The van der Waals surface area contributed by atoms with Gasteiger partial charge in [0.2, 0.25) is 5.91 Å². The van der Waals surface area contributed by atoms with Gasteiger partial charge in [-0.05, 0) is 48.5 Å². The normalized spacial score (nSPS) is 12.8. The quantitative estimate of drug-likeness (QED) is 0.525. The molecule has 0 aromatic heterocycles. The summed E-state index contributed by atoms with van der Waals surface area (Å²) in [7, 11) is -2.26. The lowest BCUT2D eigenvalue weighted by atomic mass is 10.3. The Morgan fingerprint density at radius 1 is 0.969 bits per heavy atom. The first-order valence-electron chi connectivity index (χ1n) is 9.90. The fourth-order valence-electron chi connectivity index (χ4n) is 3.13. The van der Waals surface area contributed by atoms with Gasteiger partial charge in [-0.1, -0.05) is 24.3 Å². The number of hydrogen-bond acceptors (Lipinski definition) is 6. The molecule has 1 N–H and O–H groups in total. The van der Waals surface area contributed by atoms with E-state index < -0.39 is 10.0 Å². The molecule has 1 aliphatic heterocycles. The molecule has 0 spiro atoms. The third-order valence-corrected chi connectivity index (χ3v) is 7.55. The lowest BCUT2D eigenvalue weighted by Crippen LogP contribution is -2.26. The molecule has 4 rings (SSSR count). The number of ether oxygens (including phenoxy) is 2. The van der Waals surface area contributed by atoms with Crippen molar-refractivity contribution in [2.75, 3.05) is 35.6 Å². The van der Waals surface area contributed by atoms with E-state index in [0.717, 1.165) is 4.90 Å². The topological polar surface area (TPSA) is 84.9 Å². The van der Waals surface area contributed by atoms with Crippen molar-refractivity contribution < 1.29 is 22.7 Å². The number of fused-ring (bicyclic) bond motifs is 1. The molecule has 1 heterocycles. The van der Waals surface area contributed by atoms with E-state index in [1.54, 1.807) is 36.4 Å². The summed E-state index contributed by atoms with van der Waals surface area (Å²) in [5.74, 6) is 1.29. The van der Waals surface area contributed by atoms with Crippen LogP contribution < -0.4 is 19.1 Å². The van der Waals surface area contributed by atoms with Gasteiger partial charge < -0.3 is 14.8 Å². The largest absolute Gasteiger partial charge is 0.486 e. The SMILES string of the molecule is CN(c1ccccc1)S(=O)(=O)c1cccc(NC(=O)CSc2ccc3c(c2)OCCO3)c1. The van der Waals surface area contributed by atoms with Gasteiger partial charge in [-0.3, -0.25) is 9.10 Å². The first-order valence-corrected chi connectivity index (χ1v) is 12.3. The zero-order chi connectivity index (χ0) is 22.6. The highest BCUT2D eigenvalue weighted by Crippen LogP contribution is 2.34. The van der Waals surface area contributed by atoms with E-state index in [1.165, 1.54) is 35.2 Å². The van der Waals surface area contributed by atoms with Gasteiger partial charge in [0.05, 0.1) is 16.3 Å². The molecule has 3 aromatic rings. The summed E-state index contributed by atoms with van der Waals surface area (Å²) in [6.07, 6.45) is 0. The zero-order valence-corrected chi connectivity index (χ0v) is 19.0. The Morgan fingerprint density at radius 2 is 1.72 bits per heavy atom. The van der Waals surface area contributed by atoms with Crippen LogP contribution in [0.5, 0.6) is 11.5 Å². The van der Waals surface area contributed by atoms with Crippen LogP contribution in [0.3, 0.4) is 0 Å². The second-order valence-corrected chi connectivity index (χ2v) is 10.00. The van der Waals surface area contributed by atoms with Crippen LogP contribution in [0.15, 0.2) is 82.6 Å². The molecule has 1 amide bonds. The summed E-state index contributed by atoms with van der Waals surface area (Å²) in [6.45, 7) is 1.03. The number of benzene rings is 3. The molecule has 0 aliphatic carbocycles. The molecule has 32 heavy (non-hydrogen) atoms. The van der Waals surface area contributed by atoms with Crippen LogP contribution in [-0.4, -0.2) is 40.3 Å². The van der Waals surface area contributed by atoms with Crippen LogP contribution in [-0.2, 0) is 14.8 Å². The van der Waals surface area contributed by atoms with Crippen LogP contribution in [0, 0.1) is 0 Å². The van der Waals surface area contributed by atoms with Gasteiger partial charge in [0.15, 0.2) is 11.5 Å². The molecule has 3 aromatic carbocycles. The van der Waals surface area contributed by atoms with Crippen molar-refractivity contribution in [1.29, 1.82) is 0 Å². The Hall–Kier alpha value is -3.17. The molecule has 1 aliphatic rings. The van der Waals surface area contributed by atoms with Crippen molar-refractivity contribution in [2.24, 2.45) is 0 Å². The van der Waals surface area contributed by atoms with E-state index >= 15 is 0 Å². The highest BCUT2D eigenvalue weighted by molar-refractivity contribution is 8.00. The molecule has 166 valence electrons. The van der Waals surface area contributed by atoms with E-state index in [0.29, 0.717) is 36.1 Å². The van der Waals surface area contributed by atoms with Crippen LogP contribution >= 0.6 is 11.8 Å². The molecule has 0 saturated carbocycles. The molecule has 0 fully saturated rings. The van der Waals surface area contributed by atoms with Gasteiger partial charge in [-0.2, -0.15) is 0 Å². The number of amides is 1. The number of thioether (sulfide) groups is 1. The Kier molecular flexibility index (Phi) is 6.57. The number of para-hydroxylation sites is 1. The maximum Gasteiger partial charge on any atom is 0.264 e. The molecule has 7 nitrogen and oxygen atoms in total. The predicted molar refractivity (Wildman–Crippen MR) is 125 cm³/mol. The van der Waals surface area contributed by atoms with Crippen LogP contribution in [0.4, 0.5) is 11.4 Å². The maximum atomic E-state index is 13.0. The number of nitrogens with zero attached hydrogens (tertiary/aromatic N) is 1. The smallest absolute Gasteiger partial charge is 0.264 e. The van der Waals surface area contributed by atoms with E-state index in [1.807, 2.05) is 24.3 Å². The molecule has 0 saturated heterocycles. The predicted octanol–water partition coefficient (Wildman–Crippen LogP) is 4.01. The Bertz CT molecular complexity index is 1220. The van der Waals surface area contributed by atoms with E-state index in [2.05, 4.69) is 5.32 Å². The number of anilines is 2. The Labute approximate surface area is 191 Å². The summed E-state index contributed by atoms with van der Waals surface area (Å²) < 4.78 is 38.2. The summed E-state index contributed by atoms with van der Waals surface area (Å²) in [6, 6.07) is 20.6. The number of carbonyl (C=O) groups excluding carboxylic acids is 1. The fraction of sp³-hybridized carbons (Fsp3) is 0.174. The van der Waals surface area contributed by atoms with Gasteiger partial charge in [-0.25, -0.2) is 8.42 Å². The van der Waals surface area contributed by atoms with Gasteiger partial charge in [0.25, 0.3) is 10.0 Å². The Balaban J connectivity index is 1.41. The van der Waals surface area contributed by atoms with Gasteiger partial charge >= 0.3 is 0 Å². The van der Waals surface area contributed by atoms with Crippen molar-refractivity contribution >= 4 is 39.1 Å². The number of hydrogen-bond donors (Lipinski definition) is 1.